The maximum Gasteiger partial charge on any atom is 0.327 e. The van der Waals surface area contributed by atoms with Crippen LogP contribution in [0.1, 0.15) is 22.3 Å². The summed E-state index contributed by atoms with van der Waals surface area (Å²) in [5, 5.41) is 10.9. The highest BCUT2D eigenvalue weighted by molar-refractivity contribution is 8.26. The molecule has 1 aromatic heterocycles. The number of aromatic amines is 1. The predicted molar refractivity (Wildman–Crippen MR) is 150 cm³/mol. The zero-order valence-corrected chi connectivity index (χ0v) is 21.6. The Morgan fingerprint density at radius 3 is 2.57 bits per heavy atom. The Bertz CT molecular complexity index is 1510. The van der Waals surface area contributed by atoms with Gasteiger partial charge in [-0.15, -0.1) is 0 Å². The van der Waals surface area contributed by atoms with Gasteiger partial charge in [-0.25, -0.2) is 4.79 Å². The molecule has 8 heteroatoms. The summed E-state index contributed by atoms with van der Waals surface area (Å²) in [4.78, 5) is 30.2. The van der Waals surface area contributed by atoms with Crippen LogP contribution in [0, 0.1) is 6.92 Å². The number of thiocarbonyl (C=S) groups is 1. The van der Waals surface area contributed by atoms with Crippen LogP contribution in [0.4, 0.5) is 0 Å². The molecule has 4 aromatic rings. The van der Waals surface area contributed by atoms with Gasteiger partial charge in [-0.3, -0.25) is 9.69 Å². The summed E-state index contributed by atoms with van der Waals surface area (Å²) in [6.07, 6.45) is 3.66. The average molecular weight is 529 g/mol. The van der Waals surface area contributed by atoms with E-state index in [0.29, 0.717) is 11.5 Å². The van der Waals surface area contributed by atoms with E-state index in [4.69, 9.17) is 17.0 Å². The molecule has 0 radical (unpaired) electrons. The first kappa shape index (κ1) is 24.8. The molecule has 3 aromatic carbocycles. The third-order valence-corrected chi connectivity index (χ3v) is 7.54. The van der Waals surface area contributed by atoms with Crippen molar-refractivity contribution in [1.82, 2.24) is 9.88 Å². The second-order valence-corrected chi connectivity index (χ2v) is 10.5. The average Bonchev–Trinajstić information content (AvgIpc) is 3.42. The number of aryl methyl sites for hydroxylation is 1. The Morgan fingerprint density at radius 2 is 1.84 bits per heavy atom. The summed E-state index contributed by atoms with van der Waals surface area (Å²) < 4.78 is 6.10. The number of carbonyl (C=O) groups is 2. The minimum absolute atomic E-state index is 0.145. The van der Waals surface area contributed by atoms with E-state index in [1.165, 1.54) is 10.5 Å². The topological polar surface area (TPSA) is 82.6 Å². The minimum Gasteiger partial charge on any atom is -0.489 e. The quantitative estimate of drug-likeness (QED) is 0.217. The molecule has 1 fully saturated rings. The van der Waals surface area contributed by atoms with E-state index in [0.717, 1.165) is 45.1 Å². The molecule has 0 bridgehead atoms. The third-order valence-electron chi connectivity index (χ3n) is 6.21. The Balaban J connectivity index is 1.29. The molecule has 1 aliphatic heterocycles. The van der Waals surface area contributed by atoms with Crippen LogP contribution in [-0.4, -0.2) is 37.2 Å². The molecule has 5 rings (SSSR count). The number of fused-ring (bicyclic) bond motifs is 1. The number of nitrogens with zero attached hydrogens (tertiary/aromatic N) is 1. The van der Waals surface area contributed by atoms with Crippen LogP contribution in [-0.2, 0) is 22.6 Å². The first-order valence-corrected chi connectivity index (χ1v) is 12.9. The molecule has 186 valence electrons. The Morgan fingerprint density at radius 1 is 1.11 bits per heavy atom. The van der Waals surface area contributed by atoms with Crippen molar-refractivity contribution in [2.75, 3.05) is 0 Å². The van der Waals surface area contributed by atoms with Gasteiger partial charge in [0.1, 0.15) is 22.7 Å². The first-order chi connectivity index (χ1) is 17.9. The van der Waals surface area contributed by atoms with Crippen molar-refractivity contribution >= 4 is 57.2 Å². The van der Waals surface area contributed by atoms with Crippen molar-refractivity contribution in [2.24, 2.45) is 0 Å². The molecule has 1 atom stereocenters. The maximum atomic E-state index is 13.3. The summed E-state index contributed by atoms with van der Waals surface area (Å²) in [6, 6.07) is 22.1. The molecule has 1 amide bonds. The largest absolute Gasteiger partial charge is 0.489 e. The van der Waals surface area contributed by atoms with E-state index in [1.54, 1.807) is 12.3 Å². The number of ether oxygens (including phenoxy) is 1. The van der Waals surface area contributed by atoms with E-state index in [9.17, 15) is 14.7 Å². The minimum atomic E-state index is -1.10. The molecule has 2 heterocycles. The van der Waals surface area contributed by atoms with Crippen molar-refractivity contribution in [1.29, 1.82) is 0 Å². The van der Waals surface area contributed by atoms with Crippen molar-refractivity contribution in [3.05, 3.63) is 106 Å². The number of nitrogens with one attached hydrogen (secondary N) is 1. The van der Waals surface area contributed by atoms with Crippen molar-refractivity contribution < 1.29 is 19.4 Å². The lowest BCUT2D eigenvalue weighted by Gasteiger charge is -2.23. The first-order valence-electron chi connectivity index (χ1n) is 11.7. The van der Waals surface area contributed by atoms with E-state index in [-0.39, 0.29) is 10.7 Å². The fraction of sp³-hybridized carbons (Fsp3) is 0.138. The van der Waals surface area contributed by atoms with Crippen LogP contribution in [0.15, 0.2) is 83.9 Å². The maximum absolute atomic E-state index is 13.3. The van der Waals surface area contributed by atoms with Crippen LogP contribution in [0.25, 0.3) is 17.0 Å². The number of aliphatic carboxylic acids is 1. The molecule has 0 spiro atoms. The molecule has 6 nitrogen and oxygen atoms in total. The van der Waals surface area contributed by atoms with E-state index in [2.05, 4.69) is 4.98 Å². The standard InChI is InChI=1S/C29H24N2O4S2/c1-18-6-8-20(9-7-18)17-35-22-12-10-19(11-13-22)14-26-27(32)31(29(36)37-26)25(28(33)34)15-21-16-30-24-5-3-2-4-23(21)24/h2-14,16,25,30H,15,17H2,1H3,(H,33,34)/b26-14-. The summed E-state index contributed by atoms with van der Waals surface area (Å²) in [5.74, 6) is -0.783. The number of hydrogen-bond donors (Lipinski definition) is 2. The molecule has 1 saturated heterocycles. The molecule has 2 N–H and O–H groups in total. The summed E-state index contributed by atoms with van der Waals surface area (Å²) >= 11 is 6.56. The summed E-state index contributed by atoms with van der Waals surface area (Å²) in [7, 11) is 0. The van der Waals surface area contributed by atoms with Crippen molar-refractivity contribution in [2.45, 2.75) is 26.0 Å². The highest BCUT2D eigenvalue weighted by Crippen LogP contribution is 2.35. The van der Waals surface area contributed by atoms with Crippen LogP contribution < -0.4 is 4.74 Å². The lowest BCUT2D eigenvalue weighted by molar-refractivity contribution is -0.145. The fourth-order valence-corrected chi connectivity index (χ4v) is 5.57. The summed E-state index contributed by atoms with van der Waals surface area (Å²) in [6.45, 7) is 2.51. The Hall–Kier alpha value is -3.88. The van der Waals surface area contributed by atoms with Crippen LogP contribution in [0.3, 0.4) is 0 Å². The number of para-hydroxylation sites is 1. The van der Waals surface area contributed by atoms with Crippen molar-refractivity contribution in [3.8, 4) is 5.75 Å². The lowest BCUT2D eigenvalue weighted by Crippen LogP contribution is -2.45. The molecule has 0 aliphatic carbocycles. The van der Waals surface area contributed by atoms with E-state index < -0.39 is 17.9 Å². The van der Waals surface area contributed by atoms with Gasteiger partial charge in [-0.05, 0) is 47.9 Å². The molecule has 1 unspecified atom stereocenters. The number of carboxylic acids is 1. The number of hydrogen-bond acceptors (Lipinski definition) is 5. The number of aromatic nitrogens is 1. The number of amides is 1. The number of H-pyrrole nitrogens is 1. The highest BCUT2D eigenvalue weighted by atomic mass is 32.2. The second kappa shape index (κ2) is 10.6. The van der Waals surface area contributed by atoms with Crippen LogP contribution >= 0.6 is 24.0 Å². The van der Waals surface area contributed by atoms with Gasteiger partial charge in [-0.2, -0.15) is 0 Å². The van der Waals surface area contributed by atoms with Gasteiger partial charge in [-0.1, -0.05) is 84.1 Å². The van der Waals surface area contributed by atoms with Crippen LogP contribution in [0.5, 0.6) is 5.75 Å². The van der Waals surface area contributed by atoms with Gasteiger partial charge in [0, 0.05) is 23.5 Å². The van der Waals surface area contributed by atoms with Gasteiger partial charge in [0.15, 0.2) is 0 Å². The molecular formula is C29H24N2O4S2. The smallest absolute Gasteiger partial charge is 0.327 e. The van der Waals surface area contributed by atoms with Gasteiger partial charge in [0.25, 0.3) is 5.91 Å². The number of rotatable bonds is 8. The van der Waals surface area contributed by atoms with E-state index >= 15 is 0 Å². The Kier molecular flexibility index (Phi) is 7.12. The van der Waals surface area contributed by atoms with Gasteiger partial charge in [0.05, 0.1) is 4.91 Å². The zero-order chi connectivity index (χ0) is 25.9. The van der Waals surface area contributed by atoms with E-state index in [1.807, 2.05) is 79.7 Å². The fourth-order valence-electron chi connectivity index (χ4n) is 4.21. The highest BCUT2D eigenvalue weighted by Gasteiger charge is 2.40. The Labute approximate surface area is 223 Å². The SMILES string of the molecule is Cc1ccc(COc2ccc(/C=C3\SC(=S)N(C(Cc4c[nH]c5ccccc45)C(=O)O)C3=O)cc2)cc1. The van der Waals surface area contributed by atoms with Gasteiger partial charge >= 0.3 is 5.97 Å². The molecular weight excluding hydrogens is 504 g/mol. The lowest BCUT2D eigenvalue weighted by atomic mass is 10.0. The molecule has 0 saturated carbocycles. The zero-order valence-electron chi connectivity index (χ0n) is 20.0. The third kappa shape index (κ3) is 5.45. The number of thioether (sulfide) groups is 1. The van der Waals surface area contributed by atoms with Gasteiger partial charge < -0.3 is 14.8 Å². The van der Waals surface area contributed by atoms with Crippen LogP contribution in [0.2, 0.25) is 0 Å². The monoisotopic (exact) mass is 528 g/mol. The summed E-state index contributed by atoms with van der Waals surface area (Å²) in [5.41, 5.74) is 4.82. The van der Waals surface area contributed by atoms with Crippen molar-refractivity contribution in [3.63, 3.8) is 0 Å². The molecule has 1 aliphatic rings. The second-order valence-electron chi connectivity index (χ2n) is 8.81. The predicted octanol–water partition coefficient (Wildman–Crippen LogP) is 5.95. The molecule has 37 heavy (non-hydrogen) atoms. The number of carboxylic acid groups (broad SMARTS) is 1. The number of benzene rings is 3. The van der Waals surface area contributed by atoms with Gasteiger partial charge in [0.2, 0.25) is 0 Å². The normalized spacial score (nSPS) is 15.5. The number of carbonyl (C=O) groups excluding carboxylic acids is 1.